The van der Waals surface area contributed by atoms with E-state index in [9.17, 15) is 18.8 Å². The molecule has 194 valence electrons. The number of aryl methyl sites for hydroxylation is 2. The number of hydrogen-bond donors (Lipinski definition) is 0. The molecule has 9 heteroatoms. The van der Waals surface area contributed by atoms with Crippen molar-refractivity contribution in [2.45, 2.75) is 20.3 Å². The minimum absolute atomic E-state index is 0.0808. The monoisotopic (exact) mass is 527 g/mol. The van der Waals surface area contributed by atoms with Crippen molar-refractivity contribution in [3.05, 3.63) is 93.8 Å². The van der Waals surface area contributed by atoms with Crippen LogP contribution in [-0.4, -0.2) is 44.8 Å². The third-order valence-corrected chi connectivity index (χ3v) is 5.82. The summed E-state index contributed by atoms with van der Waals surface area (Å²) >= 11 is 6.50. The predicted octanol–water partition coefficient (Wildman–Crippen LogP) is 6.18. The van der Waals surface area contributed by atoms with Crippen molar-refractivity contribution in [3.8, 4) is 0 Å². The van der Waals surface area contributed by atoms with Crippen LogP contribution in [0.5, 0.6) is 0 Å². The van der Waals surface area contributed by atoms with Gasteiger partial charge < -0.3 is 14.2 Å². The number of esters is 1. The Hall–Kier alpha value is -3.75. The minimum atomic E-state index is -0.795. The quantitative estimate of drug-likeness (QED) is 0.178. The van der Waals surface area contributed by atoms with E-state index in [1.165, 1.54) is 42.3 Å². The number of anilines is 2. The summed E-state index contributed by atoms with van der Waals surface area (Å²) in [7, 11) is 1.47. The zero-order valence-electron chi connectivity index (χ0n) is 20.8. The van der Waals surface area contributed by atoms with Crippen LogP contribution < -0.4 is 4.90 Å². The summed E-state index contributed by atoms with van der Waals surface area (Å²) in [4.78, 5) is 39.0. The molecule has 1 amide bonds. The van der Waals surface area contributed by atoms with Gasteiger partial charge in [-0.15, -0.1) is 0 Å². The van der Waals surface area contributed by atoms with Crippen molar-refractivity contribution < 1.29 is 33.0 Å². The lowest BCUT2D eigenvalue weighted by atomic mass is 9.99. The highest BCUT2D eigenvalue weighted by Gasteiger charge is 2.24. The van der Waals surface area contributed by atoms with E-state index in [1.54, 1.807) is 25.1 Å². The average Bonchev–Trinajstić information content (AvgIpc) is 2.87. The number of halogens is 2. The van der Waals surface area contributed by atoms with Crippen LogP contribution in [0.3, 0.4) is 0 Å². The van der Waals surface area contributed by atoms with Gasteiger partial charge in [0.05, 0.1) is 29.4 Å². The molecule has 0 atom stereocenters. The number of ketones is 1. The average molecular weight is 528 g/mol. The third-order valence-electron chi connectivity index (χ3n) is 5.51. The molecule has 37 heavy (non-hydrogen) atoms. The van der Waals surface area contributed by atoms with Crippen molar-refractivity contribution in [2.24, 2.45) is 0 Å². The van der Waals surface area contributed by atoms with Gasteiger partial charge in [0.25, 0.3) is 0 Å². The molecular weight excluding hydrogens is 501 g/mol. The van der Waals surface area contributed by atoms with Gasteiger partial charge in [-0.3, -0.25) is 9.59 Å². The molecule has 3 aromatic carbocycles. The van der Waals surface area contributed by atoms with Gasteiger partial charge in [0, 0.05) is 18.2 Å². The maximum absolute atomic E-state index is 13.8. The minimum Gasteiger partial charge on any atom is -0.462 e. The molecular formula is C28H27ClFNO6. The van der Waals surface area contributed by atoms with Gasteiger partial charge >= 0.3 is 12.1 Å². The first-order valence-electron chi connectivity index (χ1n) is 11.5. The smallest absolute Gasteiger partial charge is 0.419 e. The van der Waals surface area contributed by atoms with Crippen molar-refractivity contribution in [1.82, 2.24) is 0 Å². The highest BCUT2D eigenvalue weighted by molar-refractivity contribution is 6.35. The standard InChI is InChI=1S/C28H27ClFNO6/c1-18-6-4-5-7-22(18)27(33)23-10-9-21(17-24(23)29)31(25-11-8-20(30)16-19(25)2)28(34)37-15-14-36-26(32)12-13-35-3/h4-11,16-17H,12-15H2,1-3H3. The number of nitrogens with zero attached hydrogens (tertiary/aromatic N) is 1. The van der Waals surface area contributed by atoms with Gasteiger partial charge in [0.15, 0.2) is 5.78 Å². The molecule has 7 nitrogen and oxygen atoms in total. The molecule has 0 aliphatic carbocycles. The van der Waals surface area contributed by atoms with Crippen molar-refractivity contribution in [2.75, 3.05) is 31.8 Å². The number of amides is 1. The number of hydrogen-bond acceptors (Lipinski definition) is 6. The fraction of sp³-hybridized carbons (Fsp3) is 0.250. The molecule has 3 aromatic rings. The normalized spacial score (nSPS) is 10.6. The number of methoxy groups -OCH3 is 1. The Labute approximate surface area is 219 Å². The van der Waals surface area contributed by atoms with E-state index in [4.69, 9.17) is 25.8 Å². The van der Waals surface area contributed by atoms with Gasteiger partial charge in [-0.05, 0) is 61.4 Å². The lowest BCUT2D eigenvalue weighted by Crippen LogP contribution is -2.29. The van der Waals surface area contributed by atoms with Gasteiger partial charge in [0.1, 0.15) is 19.0 Å². The van der Waals surface area contributed by atoms with Crippen LogP contribution in [-0.2, 0) is 19.0 Å². The Balaban J connectivity index is 1.86. The second-order valence-corrected chi connectivity index (χ2v) is 8.56. The van der Waals surface area contributed by atoms with E-state index in [2.05, 4.69) is 0 Å². The van der Waals surface area contributed by atoms with E-state index in [-0.39, 0.29) is 42.6 Å². The van der Waals surface area contributed by atoms with E-state index in [1.807, 2.05) is 19.1 Å². The maximum atomic E-state index is 13.8. The molecule has 0 aromatic heterocycles. The van der Waals surface area contributed by atoms with E-state index < -0.39 is 17.9 Å². The second kappa shape index (κ2) is 13.0. The van der Waals surface area contributed by atoms with Crippen molar-refractivity contribution >= 4 is 40.8 Å². The van der Waals surface area contributed by atoms with E-state index >= 15 is 0 Å². The van der Waals surface area contributed by atoms with Crippen LogP contribution in [0.25, 0.3) is 0 Å². The number of benzene rings is 3. The number of rotatable bonds is 10. The molecule has 0 bridgehead atoms. The molecule has 3 rings (SSSR count). The highest BCUT2D eigenvalue weighted by atomic mass is 35.5. The SMILES string of the molecule is COCCC(=O)OCCOC(=O)N(c1ccc(C(=O)c2ccccc2C)c(Cl)c1)c1ccc(F)cc1C. The van der Waals surface area contributed by atoms with Crippen LogP contribution in [0.15, 0.2) is 60.7 Å². The molecule has 0 aliphatic heterocycles. The van der Waals surface area contributed by atoms with Crippen LogP contribution in [0.2, 0.25) is 5.02 Å². The van der Waals surface area contributed by atoms with Crippen molar-refractivity contribution in [1.29, 1.82) is 0 Å². The van der Waals surface area contributed by atoms with E-state index in [0.717, 1.165) is 5.56 Å². The topological polar surface area (TPSA) is 82.1 Å². The summed E-state index contributed by atoms with van der Waals surface area (Å²) in [6.45, 7) is 3.35. The van der Waals surface area contributed by atoms with Crippen LogP contribution in [0.4, 0.5) is 20.6 Å². The molecule has 0 radical (unpaired) electrons. The summed E-state index contributed by atoms with van der Waals surface area (Å²) in [5, 5.41) is 0.135. The Morgan fingerprint density at radius 1 is 0.865 bits per heavy atom. The van der Waals surface area contributed by atoms with Gasteiger partial charge in [-0.1, -0.05) is 35.9 Å². The largest absolute Gasteiger partial charge is 0.462 e. The summed E-state index contributed by atoms with van der Waals surface area (Å²) < 4.78 is 28.9. The zero-order chi connectivity index (χ0) is 26.9. The van der Waals surface area contributed by atoms with E-state index in [0.29, 0.717) is 22.5 Å². The number of carbonyl (C=O) groups excluding carboxylic acids is 3. The molecule has 0 fully saturated rings. The first-order chi connectivity index (χ1) is 17.7. The molecule has 0 N–H and O–H groups in total. The molecule has 0 aliphatic rings. The Kier molecular flexibility index (Phi) is 9.77. The highest BCUT2D eigenvalue weighted by Crippen LogP contribution is 2.33. The predicted molar refractivity (Wildman–Crippen MR) is 138 cm³/mol. The Bertz CT molecular complexity index is 1300. The second-order valence-electron chi connectivity index (χ2n) is 8.15. The first-order valence-corrected chi connectivity index (χ1v) is 11.9. The molecule has 0 saturated carbocycles. The maximum Gasteiger partial charge on any atom is 0.419 e. The van der Waals surface area contributed by atoms with Gasteiger partial charge in [0.2, 0.25) is 0 Å². The molecule has 0 unspecified atom stereocenters. The molecule has 0 heterocycles. The molecule has 0 spiro atoms. The van der Waals surface area contributed by atoms with Crippen LogP contribution >= 0.6 is 11.6 Å². The summed E-state index contributed by atoms with van der Waals surface area (Å²) in [6, 6.07) is 15.7. The van der Waals surface area contributed by atoms with Gasteiger partial charge in [-0.25, -0.2) is 14.1 Å². The molecule has 0 saturated heterocycles. The third kappa shape index (κ3) is 7.15. The van der Waals surface area contributed by atoms with Crippen LogP contribution in [0.1, 0.15) is 33.5 Å². The summed E-state index contributed by atoms with van der Waals surface area (Å²) in [5.41, 5.74) is 2.73. The zero-order valence-corrected chi connectivity index (χ0v) is 21.5. The fourth-order valence-corrected chi connectivity index (χ4v) is 3.88. The lowest BCUT2D eigenvalue weighted by molar-refractivity contribution is -0.145. The number of ether oxygens (including phenoxy) is 3. The van der Waals surface area contributed by atoms with Crippen LogP contribution in [0, 0.1) is 19.7 Å². The van der Waals surface area contributed by atoms with Gasteiger partial charge in [-0.2, -0.15) is 0 Å². The van der Waals surface area contributed by atoms with Crippen molar-refractivity contribution in [3.63, 3.8) is 0 Å². The Morgan fingerprint density at radius 2 is 1.59 bits per heavy atom. The Morgan fingerprint density at radius 3 is 2.27 bits per heavy atom. The summed E-state index contributed by atoms with van der Waals surface area (Å²) in [6.07, 6.45) is -0.714. The first kappa shape index (κ1) is 27.8. The number of carbonyl (C=O) groups is 3. The fourth-order valence-electron chi connectivity index (χ4n) is 3.62. The summed E-state index contributed by atoms with van der Waals surface area (Å²) in [5.74, 6) is -1.20. The lowest BCUT2D eigenvalue weighted by Gasteiger charge is -2.24.